The third-order valence-corrected chi connectivity index (χ3v) is 3.55. The zero-order valence-electron chi connectivity index (χ0n) is 10.1. The minimum absolute atomic E-state index is 0.393. The van der Waals surface area contributed by atoms with E-state index in [0.717, 1.165) is 25.3 Å². The van der Waals surface area contributed by atoms with Gasteiger partial charge in [-0.05, 0) is 37.9 Å². The van der Waals surface area contributed by atoms with Crippen molar-refractivity contribution in [2.24, 2.45) is 5.73 Å². The highest BCUT2D eigenvalue weighted by atomic mass is 16.3. The topological polar surface area (TPSA) is 42.4 Å². The molecule has 1 heterocycles. The Morgan fingerprint density at radius 1 is 1.50 bits per heavy atom. The third kappa shape index (κ3) is 2.86. The molecule has 1 aliphatic rings. The molecule has 1 aromatic rings. The smallest absolute Gasteiger partial charge is 0.117 e. The largest absolute Gasteiger partial charge is 0.468 e. The molecular weight excluding hydrogens is 200 g/mol. The Labute approximate surface area is 97.6 Å². The van der Waals surface area contributed by atoms with Crippen LogP contribution in [0.1, 0.15) is 38.4 Å². The first kappa shape index (κ1) is 11.7. The molecule has 3 heteroatoms. The lowest BCUT2D eigenvalue weighted by atomic mass is 9.90. The summed E-state index contributed by atoms with van der Waals surface area (Å²) in [6, 6.07) is 5.03. The fourth-order valence-corrected chi connectivity index (χ4v) is 2.63. The average Bonchev–Trinajstić information content (AvgIpc) is 2.78. The number of nitrogens with two attached hydrogens (primary N) is 1. The minimum Gasteiger partial charge on any atom is -0.468 e. The molecule has 1 aliphatic carbocycles. The van der Waals surface area contributed by atoms with Crippen molar-refractivity contribution in [2.75, 3.05) is 6.54 Å². The molecule has 16 heavy (non-hydrogen) atoms. The molecular formula is C13H22N2O. The summed E-state index contributed by atoms with van der Waals surface area (Å²) in [6.07, 6.45) is 6.61. The molecule has 3 nitrogen and oxygen atoms in total. The Bertz CT molecular complexity index is 297. The lowest BCUT2D eigenvalue weighted by Gasteiger charge is -2.35. The molecule has 0 spiro atoms. The van der Waals surface area contributed by atoms with E-state index in [1.807, 2.05) is 12.1 Å². The van der Waals surface area contributed by atoms with E-state index in [0.29, 0.717) is 12.1 Å². The van der Waals surface area contributed by atoms with Gasteiger partial charge in [0.1, 0.15) is 5.76 Å². The summed E-state index contributed by atoms with van der Waals surface area (Å²) in [5.41, 5.74) is 6.04. The van der Waals surface area contributed by atoms with Gasteiger partial charge in [-0.15, -0.1) is 0 Å². The summed E-state index contributed by atoms with van der Waals surface area (Å²) in [6.45, 7) is 4.20. The second kappa shape index (κ2) is 5.51. The van der Waals surface area contributed by atoms with Gasteiger partial charge in [-0.3, -0.25) is 4.90 Å². The molecule has 0 aromatic carbocycles. The van der Waals surface area contributed by atoms with Crippen molar-refractivity contribution in [1.29, 1.82) is 0 Å². The van der Waals surface area contributed by atoms with Crippen LogP contribution in [0.25, 0.3) is 0 Å². The van der Waals surface area contributed by atoms with Crippen LogP contribution in [0.15, 0.2) is 22.8 Å². The quantitative estimate of drug-likeness (QED) is 0.850. The van der Waals surface area contributed by atoms with Gasteiger partial charge in [-0.2, -0.15) is 0 Å². The van der Waals surface area contributed by atoms with Crippen molar-refractivity contribution in [3.05, 3.63) is 24.2 Å². The normalized spacial score (nSPS) is 26.2. The van der Waals surface area contributed by atoms with Crippen LogP contribution in [0, 0.1) is 0 Å². The van der Waals surface area contributed by atoms with Crippen molar-refractivity contribution in [1.82, 2.24) is 4.90 Å². The number of rotatable bonds is 4. The predicted molar refractivity (Wildman–Crippen MR) is 65.0 cm³/mol. The van der Waals surface area contributed by atoms with Crippen LogP contribution in [0.5, 0.6) is 0 Å². The van der Waals surface area contributed by atoms with Crippen molar-refractivity contribution in [3.63, 3.8) is 0 Å². The zero-order chi connectivity index (χ0) is 11.4. The van der Waals surface area contributed by atoms with Gasteiger partial charge in [0.2, 0.25) is 0 Å². The second-order valence-electron chi connectivity index (χ2n) is 4.72. The Balaban J connectivity index is 1.93. The SMILES string of the molecule is CCN(Cc1ccco1)C1CCCC(N)C1. The van der Waals surface area contributed by atoms with Crippen LogP contribution >= 0.6 is 0 Å². The van der Waals surface area contributed by atoms with Gasteiger partial charge >= 0.3 is 0 Å². The van der Waals surface area contributed by atoms with E-state index in [1.54, 1.807) is 6.26 Å². The molecule has 0 saturated heterocycles. The first-order valence-electron chi connectivity index (χ1n) is 6.31. The molecule has 2 unspecified atom stereocenters. The first-order valence-corrected chi connectivity index (χ1v) is 6.31. The number of nitrogens with zero attached hydrogens (tertiary/aromatic N) is 1. The van der Waals surface area contributed by atoms with Crippen LogP contribution in [-0.2, 0) is 6.54 Å². The Kier molecular flexibility index (Phi) is 4.02. The molecule has 0 amide bonds. The lowest BCUT2D eigenvalue weighted by Crippen LogP contribution is -2.42. The van der Waals surface area contributed by atoms with Gasteiger partial charge in [-0.25, -0.2) is 0 Å². The summed E-state index contributed by atoms with van der Waals surface area (Å²) in [5, 5.41) is 0. The van der Waals surface area contributed by atoms with E-state index in [2.05, 4.69) is 11.8 Å². The average molecular weight is 222 g/mol. The highest BCUT2D eigenvalue weighted by molar-refractivity contribution is 4.98. The predicted octanol–water partition coefficient (Wildman–Crippen LogP) is 2.37. The fourth-order valence-electron chi connectivity index (χ4n) is 2.63. The van der Waals surface area contributed by atoms with Crippen LogP contribution in [0.2, 0.25) is 0 Å². The summed E-state index contributed by atoms with van der Waals surface area (Å²) >= 11 is 0. The van der Waals surface area contributed by atoms with Crippen molar-refractivity contribution in [3.8, 4) is 0 Å². The van der Waals surface area contributed by atoms with Crippen LogP contribution < -0.4 is 5.73 Å². The van der Waals surface area contributed by atoms with Crippen LogP contribution in [0.4, 0.5) is 0 Å². The maximum Gasteiger partial charge on any atom is 0.117 e. The van der Waals surface area contributed by atoms with E-state index < -0.39 is 0 Å². The highest BCUT2D eigenvalue weighted by Crippen LogP contribution is 2.23. The van der Waals surface area contributed by atoms with Gasteiger partial charge in [0.25, 0.3) is 0 Å². The second-order valence-corrected chi connectivity index (χ2v) is 4.72. The van der Waals surface area contributed by atoms with Crippen molar-refractivity contribution in [2.45, 2.75) is 51.2 Å². The van der Waals surface area contributed by atoms with E-state index >= 15 is 0 Å². The first-order chi connectivity index (χ1) is 7.79. The molecule has 1 saturated carbocycles. The fraction of sp³-hybridized carbons (Fsp3) is 0.692. The van der Waals surface area contributed by atoms with Gasteiger partial charge in [0.05, 0.1) is 12.8 Å². The number of hydrogen-bond donors (Lipinski definition) is 1. The van der Waals surface area contributed by atoms with E-state index in [9.17, 15) is 0 Å². The summed E-state index contributed by atoms with van der Waals surface area (Å²) in [7, 11) is 0. The molecule has 0 radical (unpaired) electrons. The molecule has 0 bridgehead atoms. The minimum atomic E-state index is 0.393. The molecule has 1 fully saturated rings. The van der Waals surface area contributed by atoms with Crippen LogP contribution in [-0.4, -0.2) is 23.5 Å². The maximum absolute atomic E-state index is 6.04. The summed E-state index contributed by atoms with van der Waals surface area (Å²) < 4.78 is 5.41. The third-order valence-electron chi connectivity index (χ3n) is 3.55. The Morgan fingerprint density at radius 3 is 3.00 bits per heavy atom. The summed E-state index contributed by atoms with van der Waals surface area (Å²) in [4.78, 5) is 2.48. The molecule has 1 aromatic heterocycles. The highest BCUT2D eigenvalue weighted by Gasteiger charge is 2.24. The molecule has 2 N–H and O–H groups in total. The Hall–Kier alpha value is -0.800. The zero-order valence-corrected chi connectivity index (χ0v) is 10.1. The van der Waals surface area contributed by atoms with Crippen LogP contribution in [0.3, 0.4) is 0 Å². The maximum atomic E-state index is 6.04. The van der Waals surface area contributed by atoms with E-state index in [4.69, 9.17) is 10.2 Å². The van der Waals surface area contributed by atoms with E-state index in [-0.39, 0.29) is 0 Å². The standard InChI is InChI=1S/C13H22N2O/c1-2-15(10-13-7-4-8-16-13)12-6-3-5-11(14)9-12/h4,7-8,11-12H,2-3,5-6,9-10,14H2,1H3. The van der Waals surface area contributed by atoms with Gasteiger partial charge in [-0.1, -0.05) is 13.3 Å². The van der Waals surface area contributed by atoms with Gasteiger partial charge in [0, 0.05) is 12.1 Å². The molecule has 0 aliphatic heterocycles. The monoisotopic (exact) mass is 222 g/mol. The van der Waals surface area contributed by atoms with Crippen molar-refractivity contribution < 1.29 is 4.42 Å². The van der Waals surface area contributed by atoms with Crippen molar-refractivity contribution >= 4 is 0 Å². The summed E-state index contributed by atoms with van der Waals surface area (Å²) in [5.74, 6) is 1.06. The number of hydrogen-bond acceptors (Lipinski definition) is 3. The van der Waals surface area contributed by atoms with Gasteiger partial charge in [0.15, 0.2) is 0 Å². The molecule has 2 atom stereocenters. The van der Waals surface area contributed by atoms with E-state index in [1.165, 1.54) is 19.3 Å². The molecule has 2 rings (SSSR count). The Morgan fingerprint density at radius 2 is 2.38 bits per heavy atom. The number of furan rings is 1. The van der Waals surface area contributed by atoms with Gasteiger partial charge < -0.3 is 10.2 Å². The lowest BCUT2D eigenvalue weighted by molar-refractivity contribution is 0.137. The molecule has 90 valence electrons.